The van der Waals surface area contributed by atoms with E-state index in [0.717, 1.165) is 0 Å². The van der Waals surface area contributed by atoms with Gasteiger partial charge in [0.05, 0.1) is 12.8 Å². The summed E-state index contributed by atoms with van der Waals surface area (Å²) in [5.74, 6) is 0.652. The van der Waals surface area contributed by atoms with Crippen molar-refractivity contribution < 1.29 is 9.53 Å². The summed E-state index contributed by atoms with van der Waals surface area (Å²) in [6.07, 6.45) is 0. The number of ether oxygens (including phenoxy) is 1. The third kappa shape index (κ3) is 4.68. The quantitative estimate of drug-likeness (QED) is 0.829. The van der Waals surface area contributed by atoms with E-state index in [1.807, 2.05) is 32.9 Å². The summed E-state index contributed by atoms with van der Waals surface area (Å²) in [6.45, 7) is 6.46. The van der Waals surface area contributed by atoms with Gasteiger partial charge in [0.15, 0.2) is 0 Å². The van der Waals surface area contributed by atoms with Crippen LogP contribution in [0.15, 0.2) is 24.3 Å². The van der Waals surface area contributed by atoms with Crippen LogP contribution in [0.3, 0.4) is 0 Å². The molecule has 0 aliphatic carbocycles. The minimum Gasteiger partial charge on any atom is -0.495 e. The zero-order chi connectivity index (χ0) is 12.4. The molecule has 1 aromatic carbocycles. The Labute approximate surface area is 97.0 Å². The van der Waals surface area contributed by atoms with Crippen molar-refractivity contribution in [1.82, 2.24) is 5.32 Å². The van der Waals surface area contributed by atoms with Crippen molar-refractivity contribution in [3.8, 4) is 5.75 Å². The van der Waals surface area contributed by atoms with E-state index in [4.69, 9.17) is 4.74 Å². The fourth-order valence-corrected chi connectivity index (χ4v) is 1.07. The first-order valence-electron chi connectivity index (χ1n) is 5.45. The number of methoxy groups -OCH3 is 1. The Bertz CT molecular complexity index is 314. The molecule has 90 valence electrons. The lowest BCUT2D eigenvalue weighted by Crippen LogP contribution is -2.28. The van der Waals surface area contributed by atoms with Crippen LogP contribution in [0, 0.1) is 0 Å². The second-order valence-corrected chi connectivity index (χ2v) is 2.68. The van der Waals surface area contributed by atoms with Crippen LogP contribution in [0.25, 0.3) is 0 Å². The molecule has 0 bridgehead atoms. The van der Waals surface area contributed by atoms with E-state index < -0.39 is 0 Å². The monoisotopic (exact) mass is 224 g/mol. The molecule has 0 heterocycles. The molecule has 2 N–H and O–H groups in total. The van der Waals surface area contributed by atoms with Crippen molar-refractivity contribution in [3.05, 3.63) is 24.3 Å². The standard InChI is InChI=1S/C10H14N2O2.C2H6/c1-3-11-10(13)12-8-6-4-5-7-9(8)14-2;1-2/h4-7H,3H2,1-2H3,(H2,11,12,13);1-2H3. The second-order valence-electron chi connectivity index (χ2n) is 2.68. The second kappa shape index (κ2) is 8.59. The highest BCUT2D eigenvalue weighted by Gasteiger charge is 2.04. The van der Waals surface area contributed by atoms with Crippen molar-refractivity contribution in [2.75, 3.05) is 19.0 Å². The van der Waals surface area contributed by atoms with Gasteiger partial charge in [0.25, 0.3) is 0 Å². The lowest BCUT2D eigenvalue weighted by molar-refractivity contribution is 0.252. The third-order valence-corrected chi connectivity index (χ3v) is 1.69. The fraction of sp³-hybridized carbons (Fsp3) is 0.417. The van der Waals surface area contributed by atoms with E-state index in [2.05, 4.69) is 10.6 Å². The van der Waals surface area contributed by atoms with Gasteiger partial charge in [0.1, 0.15) is 5.75 Å². The van der Waals surface area contributed by atoms with Gasteiger partial charge in [-0.15, -0.1) is 0 Å². The summed E-state index contributed by atoms with van der Waals surface area (Å²) in [7, 11) is 1.57. The number of anilines is 1. The Hall–Kier alpha value is -1.71. The summed E-state index contributed by atoms with van der Waals surface area (Å²) < 4.78 is 5.08. The van der Waals surface area contributed by atoms with Gasteiger partial charge in [0, 0.05) is 6.54 Å². The number of hydrogen-bond acceptors (Lipinski definition) is 2. The summed E-state index contributed by atoms with van der Waals surface area (Å²) in [5.41, 5.74) is 0.668. The summed E-state index contributed by atoms with van der Waals surface area (Å²) in [6, 6.07) is 7.04. The molecular weight excluding hydrogens is 204 g/mol. The number of para-hydroxylation sites is 2. The van der Waals surface area contributed by atoms with Gasteiger partial charge in [-0.1, -0.05) is 26.0 Å². The molecule has 1 rings (SSSR count). The average molecular weight is 224 g/mol. The lowest BCUT2D eigenvalue weighted by Gasteiger charge is -2.09. The predicted octanol–water partition coefficient (Wildman–Crippen LogP) is 2.86. The maximum atomic E-state index is 11.2. The molecule has 2 amide bonds. The molecule has 0 fully saturated rings. The number of rotatable bonds is 3. The Morgan fingerprint density at radius 3 is 2.50 bits per heavy atom. The number of carbonyl (C=O) groups is 1. The van der Waals surface area contributed by atoms with Gasteiger partial charge in [-0.05, 0) is 19.1 Å². The van der Waals surface area contributed by atoms with Crippen molar-refractivity contribution >= 4 is 11.7 Å². The molecule has 0 spiro atoms. The van der Waals surface area contributed by atoms with Crippen molar-refractivity contribution in [3.63, 3.8) is 0 Å². The SMILES string of the molecule is CC.CCNC(=O)Nc1ccccc1OC. The van der Waals surface area contributed by atoms with Gasteiger partial charge in [-0.25, -0.2) is 4.79 Å². The van der Waals surface area contributed by atoms with Crippen LogP contribution in [-0.2, 0) is 0 Å². The first kappa shape index (κ1) is 14.3. The molecule has 0 radical (unpaired) electrons. The maximum absolute atomic E-state index is 11.2. The highest BCUT2D eigenvalue weighted by Crippen LogP contribution is 2.22. The Morgan fingerprint density at radius 2 is 1.94 bits per heavy atom. The zero-order valence-corrected chi connectivity index (χ0v) is 10.3. The highest BCUT2D eigenvalue weighted by atomic mass is 16.5. The third-order valence-electron chi connectivity index (χ3n) is 1.69. The van der Waals surface area contributed by atoms with Crippen LogP contribution < -0.4 is 15.4 Å². The van der Waals surface area contributed by atoms with Gasteiger partial charge in [0.2, 0.25) is 0 Å². The molecule has 4 heteroatoms. The highest BCUT2D eigenvalue weighted by molar-refractivity contribution is 5.90. The molecule has 16 heavy (non-hydrogen) atoms. The largest absolute Gasteiger partial charge is 0.495 e. The predicted molar refractivity (Wildman–Crippen MR) is 67.0 cm³/mol. The average Bonchev–Trinajstić information content (AvgIpc) is 2.32. The Morgan fingerprint density at radius 1 is 1.31 bits per heavy atom. The minimum atomic E-state index is -0.225. The van der Waals surface area contributed by atoms with Crippen LogP contribution in [0.2, 0.25) is 0 Å². The molecule has 0 aliphatic rings. The minimum absolute atomic E-state index is 0.225. The van der Waals surface area contributed by atoms with Crippen LogP contribution in [-0.4, -0.2) is 19.7 Å². The maximum Gasteiger partial charge on any atom is 0.319 e. The zero-order valence-electron chi connectivity index (χ0n) is 10.3. The van der Waals surface area contributed by atoms with Crippen LogP contribution in [0.4, 0.5) is 10.5 Å². The molecule has 0 saturated carbocycles. The number of urea groups is 1. The van der Waals surface area contributed by atoms with Crippen LogP contribution in [0.1, 0.15) is 20.8 Å². The van der Waals surface area contributed by atoms with Crippen molar-refractivity contribution in [1.29, 1.82) is 0 Å². The molecule has 0 aromatic heterocycles. The van der Waals surface area contributed by atoms with E-state index >= 15 is 0 Å². The molecule has 0 unspecified atom stereocenters. The topological polar surface area (TPSA) is 50.4 Å². The summed E-state index contributed by atoms with van der Waals surface area (Å²) >= 11 is 0. The summed E-state index contributed by atoms with van der Waals surface area (Å²) in [5, 5.41) is 5.33. The Kier molecular flexibility index (Phi) is 7.67. The van der Waals surface area contributed by atoms with Gasteiger partial charge >= 0.3 is 6.03 Å². The molecule has 1 aromatic rings. The van der Waals surface area contributed by atoms with E-state index in [-0.39, 0.29) is 6.03 Å². The number of hydrogen-bond donors (Lipinski definition) is 2. The number of amides is 2. The molecule has 0 saturated heterocycles. The van der Waals surface area contributed by atoms with E-state index in [9.17, 15) is 4.79 Å². The van der Waals surface area contributed by atoms with Gasteiger partial charge in [-0.3, -0.25) is 0 Å². The van der Waals surface area contributed by atoms with Crippen LogP contribution >= 0.6 is 0 Å². The lowest BCUT2D eigenvalue weighted by atomic mass is 10.3. The first-order chi connectivity index (χ1) is 7.77. The van der Waals surface area contributed by atoms with Gasteiger partial charge < -0.3 is 15.4 Å². The first-order valence-corrected chi connectivity index (χ1v) is 5.45. The molecule has 0 aliphatic heterocycles. The van der Waals surface area contributed by atoms with Crippen molar-refractivity contribution in [2.45, 2.75) is 20.8 Å². The van der Waals surface area contributed by atoms with Crippen LogP contribution in [0.5, 0.6) is 5.75 Å². The smallest absolute Gasteiger partial charge is 0.319 e. The molecule has 0 atom stereocenters. The fourth-order valence-electron chi connectivity index (χ4n) is 1.07. The number of carbonyl (C=O) groups excluding carboxylic acids is 1. The molecule has 4 nitrogen and oxygen atoms in total. The number of nitrogens with one attached hydrogen (secondary N) is 2. The van der Waals surface area contributed by atoms with E-state index in [1.165, 1.54) is 0 Å². The normalized spacial score (nSPS) is 8.50. The van der Waals surface area contributed by atoms with Gasteiger partial charge in [-0.2, -0.15) is 0 Å². The van der Waals surface area contributed by atoms with E-state index in [1.54, 1.807) is 19.2 Å². The van der Waals surface area contributed by atoms with Crippen molar-refractivity contribution in [2.24, 2.45) is 0 Å². The van der Waals surface area contributed by atoms with E-state index in [0.29, 0.717) is 18.0 Å². The summed E-state index contributed by atoms with van der Waals surface area (Å²) in [4.78, 5) is 11.2. The Balaban J connectivity index is 0.00000106. The number of benzene rings is 1. The molecular formula is C12H20N2O2.